The van der Waals surface area contributed by atoms with Crippen molar-refractivity contribution in [2.24, 2.45) is 0 Å². The highest BCUT2D eigenvalue weighted by atomic mass is 16.5. The number of carbonyl (C=O) groups excluding carboxylic acids is 1. The van der Waals surface area contributed by atoms with Gasteiger partial charge in [0, 0.05) is 25.0 Å². The molecule has 1 aliphatic heterocycles. The number of carbonyl (C=O) groups is 1. The number of ether oxygens (including phenoxy) is 1. The van der Waals surface area contributed by atoms with Crippen LogP contribution in [0.15, 0.2) is 6.33 Å². The van der Waals surface area contributed by atoms with Gasteiger partial charge in [-0.25, -0.2) is 9.67 Å². The molecule has 1 N–H and O–H groups in total. The molecule has 1 aliphatic rings. The van der Waals surface area contributed by atoms with Gasteiger partial charge in [0.15, 0.2) is 0 Å². The highest BCUT2D eigenvalue weighted by Crippen LogP contribution is 2.08. The van der Waals surface area contributed by atoms with Gasteiger partial charge in [0.2, 0.25) is 0 Å². The maximum Gasteiger partial charge on any atom is 0.142 e. The van der Waals surface area contributed by atoms with E-state index in [0.29, 0.717) is 19.4 Å². The first-order valence-corrected chi connectivity index (χ1v) is 6.38. The van der Waals surface area contributed by atoms with Crippen LogP contribution < -0.4 is 5.32 Å². The van der Waals surface area contributed by atoms with E-state index in [0.717, 1.165) is 19.0 Å². The molecule has 1 atom stereocenters. The highest BCUT2D eigenvalue weighted by Gasteiger charge is 2.19. The van der Waals surface area contributed by atoms with Crippen LogP contribution in [0.3, 0.4) is 0 Å². The molecule has 0 aliphatic carbocycles. The number of nitrogens with one attached hydrogen (secondary N) is 1. The van der Waals surface area contributed by atoms with E-state index in [9.17, 15) is 4.79 Å². The number of rotatable bonds is 5. The molecule has 0 aromatic carbocycles. The number of hydrogen-bond acceptors (Lipinski definition) is 5. The SMILES string of the molecule is CC(C)n1ncnc1CC(=O)CC1COCCN1. The van der Waals surface area contributed by atoms with Gasteiger partial charge in [0.25, 0.3) is 0 Å². The van der Waals surface area contributed by atoms with Crippen molar-refractivity contribution in [1.82, 2.24) is 20.1 Å². The van der Waals surface area contributed by atoms with E-state index in [4.69, 9.17) is 4.74 Å². The summed E-state index contributed by atoms with van der Waals surface area (Å²) in [6.07, 6.45) is 2.34. The van der Waals surface area contributed by atoms with Crippen LogP contribution in [0.4, 0.5) is 0 Å². The molecule has 18 heavy (non-hydrogen) atoms. The maximum atomic E-state index is 12.0. The van der Waals surface area contributed by atoms with Crippen molar-refractivity contribution >= 4 is 5.78 Å². The Morgan fingerprint density at radius 3 is 3.17 bits per heavy atom. The minimum Gasteiger partial charge on any atom is -0.379 e. The van der Waals surface area contributed by atoms with Gasteiger partial charge in [0.1, 0.15) is 17.9 Å². The summed E-state index contributed by atoms with van der Waals surface area (Å²) in [5.74, 6) is 0.916. The molecule has 1 fully saturated rings. The fraction of sp³-hybridized carbons (Fsp3) is 0.750. The summed E-state index contributed by atoms with van der Waals surface area (Å²) < 4.78 is 7.13. The Balaban J connectivity index is 1.88. The fourth-order valence-corrected chi connectivity index (χ4v) is 2.11. The van der Waals surface area contributed by atoms with Crippen LogP contribution in [-0.4, -0.2) is 46.3 Å². The Labute approximate surface area is 107 Å². The van der Waals surface area contributed by atoms with Crippen LogP contribution in [0.2, 0.25) is 0 Å². The number of nitrogens with zero attached hydrogens (tertiary/aromatic N) is 3. The van der Waals surface area contributed by atoms with Crippen LogP contribution in [0, 0.1) is 0 Å². The molecule has 100 valence electrons. The van der Waals surface area contributed by atoms with Crippen LogP contribution in [-0.2, 0) is 16.0 Å². The monoisotopic (exact) mass is 252 g/mol. The fourth-order valence-electron chi connectivity index (χ4n) is 2.11. The first kappa shape index (κ1) is 13.2. The second-order valence-electron chi connectivity index (χ2n) is 4.86. The lowest BCUT2D eigenvalue weighted by atomic mass is 10.1. The van der Waals surface area contributed by atoms with Gasteiger partial charge in [-0.05, 0) is 13.8 Å². The van der Waals surface area contributed by atoms with E-state index in [1.807, 2.05) is 13.8 Å². The zero-order valence-corrected chi connectivity index (χ0v) is 10.9. The van der Waals surface area contributed by atoms with Crippen molar-refractivity contribution in [2.45, 2.75) is 38.8 Å². The molecule has 1 saturated heterocycles. The third-order valence-electron chi connectivity index (χ3n) is 2.96. The molecule has 1 aromatic rings. The molecular weight excluding hydrogens is 232 g/mol. The lowest BCUT2D eigenvalue weighted by Gasteiger charge is -2.23. The topological polar surface area (TPSA) is 69.0 Å². The predicted octanol–water partition coefficient (Wildman–Crippen LogP) is 0.349. The quantitative estimate of drug-likeness (QED) is 0.819. The summed E-state index contributed by atoms with van der Waals surface area (Å²) in [5.41, 5.74) is 0. The van der Waals surface area contributed by atoms with Crippen LogP contribution >= 0.6 is 0 Å². The molecule has 6 heteroatoms. The minimum atomic E-state index is 0.140. The third kappa shape index (κ3) is 3.36. The van der Waals surface area contributed by atoms with Gasteiger partial charge in [-0.3, -0.25) is 4.79 Å². The zero-order chi connectivity index (χ0) is 13.0. The van der Waals surface area contributed by atoms with Crippen molar-refractivity contribution in [3.8, 4) is 0 Å². The number of morpholine rings is 1. The normalized spacial score (nSPS) is 20.3. The van der Waals surface area contributed by atoms with E-state index in [2.05, 4.69) is 15.4 Å². The van der Waals surface area contributed by atoms with E-state index in [-0.39, 0.29) is 17.9 Å². The average molecular weight is 252 g/mol. The van der Waals surface area contributed by atoms with Gasteiger partial charge in [-0.2, -0.15) is 5.10 Å². The van der Waals surface area contributed by atoms with Crippen molar-refractivity contribution < 1.29 is 9.53 Å². The summed E-state index contributed by atoms with van der Waals surface area (Å²) in [7, 11) is 0. The molecule has 2 heterocycles. The van der Waals surface area contributed by atoms with Gasteiger partial charge in [-0.15, -0.1) is 0 Å². The average Bonchev–Trinajstić information content (AvgIpc) is 2.78. The van der Waals surface area contributed by atoms with Gasteiger partial charge in [0.05, 0.1) is 19.6 Å². The third-order valence-corrected chi connectivity index (χ3v) is 2.96. The summed E-state index contributed by atoms with van der Waals surface area (Å²) in [6.45, 7) is 6.22. The Morgan fingerprint density at radius 2 is 2.50 bits per heavy atom. The smallest absolute Gasteiger partial charge is 0.142 e. The van der Waals surface area contributed by atoms with Crippen LogP contribution in [0.1, 0.15) is 32.1 Å². The molecule has 1 aromatic heterocycles. The maximum absolute atomic E-state index is 12.0. The van der Waals surface area contributed by atoms with E-state index >= 15 is 0 Å². The van der Waals surface area contributed by atoms with Crippen molar-refractivity contribution in [3.05, 3.63) is 12.2 Å². The Hall–Kier alpha value is -1.27. The molecular formula is C12H20N4O2. The summed E-state index contributed by atoms with van der Waals surface area (Å²) >= 11 is 0. The Morgan fingerprint density at radius 1 is 1.67 bits per heavy atom. The standard InChI is InChI=1S/C12H20N4O2/c1-9(2)16-12(14-8-15-16)6-11(17)5-10-7-18-4-3-13-10/h8-10,13H,3-7H2,1-2H3. The van der Waals surface area contributed by atoms with Gasteiger partial charge in [-0.1, -0.05) is 0 Å². The predicted molar refractivity (Wildman–Crippen MR) is 66.3 cm³/mol. The molecule has 0 saturated carbocycles. The number of ketones is 1. The van der Waals surface area contributed by atoms with E-state index < -0.39 is 0 Å². The Bertz CT molecular complexity index is 397. The summed E-state index contributed by atoms with van der Waals surface area (Å²) in [5, 5.41) is 7.41. The van der Waals surface area contributed by atoms with Crippen LogP contribution in [0.5, 0.6) is 0 Å². The molecule has 0 radical (unpaired) electrons. The minimum absolute atomic E-state index is 0.140. The molecule has 0 bridgehead atoms. The molecule has 1 unspecified atom stereocenters. The van der Waals surface area contributed by atoms with Crippen molar-refractivity contribution in [2.75, 3.05) is 19.8 Å². The van der Waals surface area contributed by atoms with Gasteiger partial charge < -0.3 is 10.1 Å². The first-order valence-electron chi connectivity index (χ1n) is 6.38. The number of aromatic nitrogens is 3. The number of Topliss-reactive ketones (excluding diaryl/α,β-unsaturated/α-hetero) is 1. The second kappa shape index (κ2) is 6.06. The zero-order valence-electron chi connectivity index (χ0n) is 10.9. The van der Waals surface area contributed by atoms with Crippen molar-refractivity contribution in [3.63, 3.8) is 0 Å². The first-order chi connectivity index (χ1) is 8.66. The molecule has 2 rings (SSSR count). The highest BCUT2D eigenvalue weighted by molar-refractivity contribution is 5.80. The number of hydrogen-bond donors (Lipinski definition) is 1. The lowest BCUT2D eigenvalue weighted by Crippen LogP contribution is -2.42. The second-order valence-corrected chi connectivity index (χ2v) is 4.86. The largest absolute Gasteiger partial charge is 0.379 e. The molecule has 0 spiro atoms. The van der Waals surface area contributed by atoms with E-state index in [1.165, 1.54) is 6.33 Å². The molecule has 6 nitrogen and oxygen atoms in total. The molecule has 0 amide bonds. The van der Waals surface area contributed by atoms with E-state index in [1.54, 1.807) is 4.68 Å². The summed E-state index contributed by atoms with van der Waals surface area (Å²) in [6, 6.07) is 0.369. The Kier molecular flexibility index (Phi) is 4.43. The van der Waals surface area contributed by atoms with Gasteiger partial charge >= 0.3 is 0 Å². The lowest BCUT2D eigenvalue weighted by molar-refractivity contribution is -0.119. The van der Waals surface area contributed by atoms with Crippen LogP contribution in [0.25, 0.3) is 0 Å². The summed E-state index contributed by atoms with van der Waals surface area (Å²) in [4.78, 5) is 16.1. The van der Waals surface area contributed by atoms with Crippen molar-refractivity contribution in [1.29, 1.82) is 0 Å².